The molecular weight excluding hydrogens is 248 g/mol. The second kappa shape index (κ2) is 7.91. The van der Waals surface area contributed by atoms with Crippen molar-refractivity contribution in [3.8, 4) is 11.8 Å². The Hall–Kier alpha value is -1.53. The minimum Gasteiger partial charge on any atom is -0.494 e. The molecule has 1 aromatic rings. The molecule has 1 aliphatic rings. The molecule has 2 rings (SSSR count). The summed E-state index contributed by atoms with van der Waals surface area (Å²) in [5.41, 5.74) is 1.08. The van der Waals surface area contributed by atoms with Gasteiger partial charge in [0.05, 0.1) is 12.7 Å². The van der Waals surface area contributed by atoms with Gasteiger partial charge in [0, 0.05) is 0 Å². The lowest BCUT2D eigenvalue weighted by Gasteiger charge is -2.25. The van der Waals surface area contributed by atoms with Gasteiger partial charge in [-0.05, 0) is 50.0 Å². The van der Waals surface area contributed by atoms with Crippen molar-refractivity contribution in [2.45, 2.75) is 45.1 Å². The van der Waals surface area contributed by atoms with Crippen LogP contribution in [0.1, 0.15) is 50.6 Å². The first-order valence-electron chi connectivity index (χ1n) is 7.71. The highest BCUT2D eigenvalue weighted by Crippen LogP contribution is 2.25. The molecule has 0 spiro atoms. The van der Waals surface area contributed by atoms with E-state index in [4.69, 9.17) is 4.74 Å². The quantitative estimate of drug-likeness (QED) is 0.815. The van der Waals surface area contributed by atoms with E-state index in [2.05, 4.69) is 17.9 Å². The Bertz CT molecular complexity index is 427. The van der Waals surface area contributed by atoms with Crippen LogP contribution in [-0.2, 0) is 0 Å². The van der Waals surface area contributed by atoms with Gasteiger partial charge in [0.25, 0.3) is 0 Å². The van der Waals surface area contributed by atoms with Crippen LogP contribution in [0.5, 0.6) is 5.75 Å². The summed E-state index contributed by atoms with van der Waals surface area (Å²) in [4.78, 5) is 2.31. The molecule has 1 atom stereocenters. The van der Waals surface area contributed by atoms with E-state index in [1.54, 1.807) is 0 Å². The van der Waals surface area contributed by atoms with E-state index < -0.39 is 0 Å². The van der Waals surface area contributed by atoms with Crippen molar-refractivity contribution >= 4 is 0 Å². The van der Waals surface area contributed by atoms with Crippen LogP contribution in [0.4, 0.5) is 0 Å². The zero-order valence-electron chi connectivity index (χ0n) is 12.3. The van der Waals surface area contributed by atoms with Crippen LogP contribution in [0.15, 0.2) is 24.3 Å². The van der Waals surface area contributed by atoms with Gasteiger partial charge in [-0.25, -0.2) is 0 Å². The number of nitrogens with zero attached hydrogens (tertiary/aromatic N) is 2. The fourth-order valence-electron chi connectivity index (χ4n) is 2.69. The second-order valence-corrected chi connectivity index (χ2v) is 5.40. The topological polar surface area (TPSA) is 36.3 Å². The van der Waals surface area contributed by atoms with Gasteiger partial charge >= 0.3 is 0 Å². The van der Waals surface area contributed by atoms with Crippen LogP contribution < -0.4 is 4.74 Å². The van der Waals surface area contributed by atoms with Gasteiger partial charge in [0.15, 0.2) is 0 Å². The maximum Gasteiger partial charge on any atom is 0.123 e. The van der Waals surface area contributed by atoms with E-state index in [1.807, 2.05) is 24.3 Å². The Kier molecular flexibility index (Phi) is 5.88. The molecule has 1 aromatic carbocycles. The highest BCUT2D eigenvalue weighted by Gasteiger charge is 2.20. The van der Waals surface area contributed by atoms with Crippen molar-refractivity contribution in [2.24, 2.45) is 0 Å². The van der Waals surface area contributed by atoms with Crippen molar-refractivity contribution in [3.05, 3.63) is 29.8 Å². The summed E-state index contributed by atoms with van der Waals surface area (Å²) in [7, 11) is 0. The van der Waals surface area contributed by atoms with Crippen LogP contribution >= 0.6 is 0 Å². The lowest BCUT2D eigenvalue weighted by molar-refractivity contribution is 0.245. The lowest BCUT2D eigenvalue weighted by Crippen LogP contribution is -2.28. The van der Waals surface area contributed by atoms with E-state index in [0.717, 1.165) is 37.4 Å². The minimum atomic E-state index is -0.117. The average molecular weight is 272 g/mol. The molecule has 0 amide bonds. The largest absolute Gasteiger partial charge is 0.494 e. The summed E-state index contributed by atoms with van der Waals surface area (Å²) < 4.78 is 5.59. The summed E-state index contributed by atoms with van der Waals surface area (Å²) >= 11 is 0. The number of rotatable bonds is 5. The number of hydrogen-bond donors (Lipinski definition) is 0. The highest BCUT2D eigenvalue weighted by atomic mass is 16.5. The summed E-state index contributed by atoms with van der Waals surface area (Å²) in [6, 6.07) is 10.4. The predicted octanol–water partition coefficient (Wildman–Crippen LogP) is 3.92. The van der Waals surface area contributed by atoms with Gasteiger partial charge in [-0.2, -0.15) is 5.26 Å². The van der Waals surface area contributed by atoms with Gasteiger partial charge in [-0.15, -0.1) is 0 Å². The number of nitriles is 1. The molecule has 1 unspecified atom stereocenters. The molecule has 0 saturated carbocycles. The second-order valence-electron chi connectivity index (χ2n) is 5.40. The maximum atomic E-state index is 9.51. The number of benzene rings is 1. The molecule has 1 fully saturated rings. The summed E-state index contributed by atoms with van der Waals surface area (Å²) in [5.74, 6) is 0.892. The maximum absolute atomic E-state index is 9.51. The van der Waals surface area contributed by atoms with E-state index >= 15 is 0 Å². The van der Waals surface area contributed by atoms with Crippen molar-refractivity contribution in [3.63, 3.8) is 0 Å². The first-order valence-corrected chi connectivity index (χ1v) is 7.71. The fourth-order valence-corrected chi connectivity index (χ4v) is 2.69. The first-order chi connectivity index (χ1) is 9.85. The molecule has 3 heteroatoms. The molecule has 0 radical (unpaired) electrons. The van der Waals surface area contributed by atoms with Gasteiger partial charge < -0.3 is 4.74 Å². The fraction of sp³-hybridized carbons (Fsp3) is 0.588. The number of ether oxygens (including phenoxy) is 1. The summed E-state index contributed by atoms with van der Waals surface area (Å²) in [6.45, 7) is 4.91. The first kappa shape index (κ1) is 14.9. The molecule has 1 aliphatic heterocycles. The molecule has 0 bridgehead atoms. The zero-order chi connectivity index (χ0) is 14.2. The van der Waals surface area contributed by atoms with Crippen LogP contribution in [0.3, 0.4) is 0 Å². The third-order valence-corrected chi connectivity index (χ3v) is 3.80. The SMILES string of the molecule is CCCOc1ccc(C(C#N)N2CCCCCC2)cc1. The van der Waals surface area contributed by atoms with E-state index in [0.29, 0.717) is 0 Å². The molecule has 0 N–H and O–H groups in total. The number of likely N-dealkylation sites (tertiary alicyclic amines) is 1. The average Bonchev–Trinajstić information content (AvgIpc) is 2.76. The Morgan fingerprint density at radius 2 is 1.80 bits per heavy atom. The molecule has 20 heavy (non-hydrogen) atoms. The predicted molar refractivity (Wildman–Crippen MR) is 80.6 cm³/mol. The van der Waals surface area contributed by atoms with Crippen LogP contribution in [0.25, 0.3) is 0 Å². The Labute approximate surface area is 122 Å². The minimum absolute atomic E-state index is 0.117. The molecule has 108 valence electrons. The van der Waals surface area contributed by atoms with Crippen LogP contribution in [-0.4, -0.2) is 24.6 Å². The Morgan fingerprint density at radius 3 is 2.35 bits per heavy atom. The van der Waals surface area contributed by atoms with Crippen molar-refractivity contribution in [1.29, 1.82) is 5.26 Å². The Morgan fingerprint density at radius 1 is 1.15 bits per heavy atom. The van der Waals surface area contributed by atoms with E-state index in [1.165, 1.54) is 25.7 Å². The zero-order valence-corrected chi connectivity index (χ0v) is 12.3. The molecule has 0 aromatic heterocycles. The van der Waals surface area contributed by atoms with Crippen molar-refractivity contribution < 1.29 is 4.74 Å². The molecule has 1 heterocycles. The normalized spacial score (nSPS) is 18.0. The molecule has 1 saturated heterocycles. The molecule has 0 aliphatic carbocycles. The van der Waals surface area contributed by atoms with Gasteiger partial charge in [0.1, 0.15) is 11.8 Å². The third kappa shape index (κ3) is 3.98. The number of hydrogen-bond acceptors (Lipinski definition) is 3. The smallest absolute Gasteiger partial charge is 0.123 e. The molecular formula is C17H24N2O. The molecule has 3 nitrogen and oxygen atoms in total. The lowest BCUT2D eigenvalue weighted by atomic mass is 10.1. The van der Waals surface area contributed by atoms with Crippen molar-refractivity contribution in [1.82, 2.24) is 4.90 Å². The third-order valence-electron chi connectivity index (χ3n) is 3.80. The highest BCUT2D eigenvalue weighted by molar-refractivity contribution is 5.31. The van der Waals surface area contributed by atoms with Crippen LogP contribution in [0.2, 0.25) is 0 Å². The summed E-state index contributed by atoms with van der Waals surface area (Å²) in [5, 5.41) is 9.51. The Balaban J connectivity index is 2.05. The summed E-state index contributed by atoms with van der Waals surface area (Å²) in [6.07, 6.45) is 6.00. The monoisotopic (exact) mass is 272 g/mol. The van der Waals surface area contributed by atoms with E-state index in [-0.39, 0.29) is 6.04 Å². The van der Waals surface area contributed by atoms with E-state index in [9.17, 15) is 5.26 Å². The van der Waals surface area contributed by atoms with Gasteiger partial charge in [-0.1, -0.05) is 31.9 Å². The standard InChI is InChI=1S/C17H24N2O/c1-2-13-20-16-9-7-15(8-10-16)17(14-18)19-11-5-3-4-6-12-19/h7-10,17H,2-6,11-13H2,1H3. The van der Waals surface area contributed by atoms with Crippen LogP contribution in [0, 0.1) is 11.3 Å². The van der Waals surface area contributed by atoms with Crippen molar-refractivity contribution in [2.75, 3.05) is 19.7 Å². The van der Waals surface area contributed by atoms with Gasteiger partial charge in [-0.3, -0.25) is 4.90 Å². The van der Waals surface area contributed by atoms with Gasteiger partial charge in [0.2, 0.25) is 0 Å².